The van der Waals surface area contributed by atoms with Crippen molar-refractivity contribution in [1.29, 1.82) is 5.41 Å². The van der Waals surface area contributed by atoms with E-state index in [2.05, 4.69) is 0 Å². The van der Waals surface area contributed by atoms with Crippen LogP contribution >= 0.6 is 23.1 Å². The maximum Gasteiger partial charge on any atom is 0.208 e. The molecule has 0 saturated carbocycles. The molecule has 0 radical (unpaired) electrons. The molecule has 0 bridgehead atoms. The second kappa shape index (κ2) is 7.22. The number of rotatable bonds is 5. The van der Waals surface area contributed by atoms with Crippen LogP contribution < -0.4 is 5.73 Å². The molecule has 134 valence electrons. The predicted molar refractivity (Wildman–Crippen MR) is 104 cm³/mol. The Balaban J connectivity index is 2.10. The fraction of sp³-hybridized carbons (Fsp3) is 0.0556. The van der Waals surface area contributed by atoms with E-state index in [0.717, 1.165) is 5.56 Å². The number of hydrogen-bond donors (Lipinski definition) is 2. The average molecular weight is 407 g/mol. The lowest BCUT2D eigenvalue weighted by Crippen LogP contribution is -2.08. The van der Waals surface area contributed by atoms with Crippen LogP contribution in [0.5, 0.6) is 0 Å². The molecule has 0 aliphatic carbocycles. The van der Waals surface area contributed by atoms with Gasteiger partial charge in [-0.1, -0.05) is 24.3 Å². The summed E-state index contributed by atoms with van der Waals surface area (Å²) in [5.41, 5.74) is 6.91. The Morgan fingerprint density at radius 2 is 1.81 bits per heavy atom. The van der Waals surface area contributed by atoms with E-state index in [1.54, 1.807) is 36.6 Å². The summed E-state index contributed by atoms with van der Waals surface area (Å²) in [5, 5.41) is 7.55. The second-order valence-corrected chi connectivity index (χ2v) is 9.46. The number of sulfone groups is 1. The first-order valence-corrected chi connectivity index (χ1v) is 11.0. The van der Waals surface area contributed by atoms with Crippen LogP contribution in [-0.2, 0) is 9.84 Å². The first-order valence-electron chi connectivity index (χ1n) is 7.46. The van der Waals surface area contributed by atoms with Gasteiger partial charge in [0.2, 0.25) is 9.84 Å². The van der Waals surface area contributed by atoms with Gasteiger partial charge in [-0.3, -0.25) is 5.41 Å². The van der Waals surface area contributed by atoms with Crippen LogP contribution in [0.4, 0.5) is 4.39 Å². The van der Waals surface area contributed by atoms with Crippen molar-refractivity contribution < 1.29 is 12.8 Å². The van der Waals surface area contributed by atoms with Crippen molar-refractivity contribution in [2.45, 2.75) is 14.0 Å². The zero-order valence-corrected chi connectivity index (χ0v) is 16.1. The number of thioether (sulfide) groups is 1. The summed E-state index contributed by atoms with van der Waals surface area (Å²) < 4.78 is 39.9. The number of amidine groups is 1. The quantitative estimate of drug-likeness (QED) is 0.374. The van der Waals surface area contributed by atoms with Gasteiger partial charge in [0.25, 0.3) is 0 Å². The Morgan fingerprint density at radius 1 is 1.12 bits per heavy atom. The number of hydrogen-bond acceptors (Lipinski definition) is 5. The molecule has 0 aliphatic heterocycles. The topological polar surface area (TPSA) is 84.0 Å². The number of nitrogen functional groups attached to an aromatic ring is 1. The van der Waals surface area contributed by atoms with Gasteiger partial charge in [-0.15, -0.1) is 23.1 Å². The maximum absolute atomic E-state index is 13.1. The van der Waals surface area contributed by atoms with E-state index in [1.165, 1.54) is 47.4 Å². The van der Waals surface area contributed by atoms with Crippen LogP contribution in [0, 0.1) is 11.2 Å². The van der Waals surface area contributed by atoms with Crippen LogP contribution in [0.3, 0.4) is 0 Å². The normalized spacial score (nSPS) is 11.5. The van der Waals surface area contributed by atoms with Crippen LogP contribution in [0.15, 0.2) is 68.6 Å². The van der Waals surface area contributed by atoms with Gasteiger partial charge in [0.05, 0.1) is 18.9 Å². The van der Waals surface area contributed by atoms with Gasteiger partial charge in [-0.2, -0.15) is 0 Å². The van der Waals surface area contributed by atoms with Gasteiger partial charge >= 0.3 is 0 Å². The van der Waals surface area contributed by atoms with E-state index in [4.69, 9.17) is 11.1 Å². The molecule has 3 aromatic rings. The van der Waals surface area contributed by atoms with E-state index in [-0.39, 0.29) is 21.4 Å². The summed E-state index contributed by atoms with van der Waals surface area (Å²) >= 11 is 2.49. The zero-order chi connectivity index (χ0) is 18.9. The highest BCUT2D eigenvalue weighted by Gasteiger charge is 2.25. The summed E-state index contributed by atoms with van der Waals surface area (Å²) in [6.45, 7) is 0. The first kappa shape index (κ1) is 18.6. The van der Waals surface area contributed by atoms with Gasteiger partial charge in [0.15, 0.2) is 0 Å². The Bertz CT molecular complexity index is 1070. The number of nitrogens with two attached hydrogens (primary N) is 1. The molecule has 1 aromatic heterocycles. The van der Waals surface area contributed by atoms with Crippen LogP contribution in [0.25, 0.3) is 11.1 Å². The molecule has 0 amide bonds. The fourth-order valence-electron chi connectivity index (χ4n) is 2.43. The van der Waals surface area contributed by atoms with Crippen LogP contribution in [-0.4, -0.2) is 20.5 Å². The molecule has 1 heterocycles. The maximum atomic E-state index is 13.1. The lowest BCUT2D eigenvalue weighted by Gasteiger charge is -2.07. The highest BCUT2D eigenvalue weighted by atomic mass is 32.2. The molecule has 0 atom stereocenters. The molecule has 0 spiro atoms. The Kier molecular flexibility index (Phi) is 5.17. The highest BCUT2D eigenvalue weighted by molar-refractivity contribution is 8.01. The van der Waals surface area contributed by atoms with Crippen LogP contribution in [0.2, 0.25) is 0 Å². The standard InChI is InChI=1S/C18H15FN2O2S3/c1-24-18-16(10-15(25-18)17(20)21)26(22,23)14-4-2-3-12(9-14)11-5-7-13(19)8-6-11/h2-10H,1H3,(H3,20,21). The smallest absolute Gasteiger partial charge is 0.208 e. The molecule has 8 heteroatoms. The van der Waals surface area contributed by atoms with Crippen LogP contribution in [0.1, 0.15) is 4.88 Å². The fourth-order valence-corrected chi connectivity index (χ4v) is 6.33. The molecular formula is C18H15FN2O2S3. The summed E-state index contributed by atoms with van der Waals surface area (Å²) in [4.78, 5) is 0.710. The van der Waals surface area contributed by atoms with E-state index >= 15 is 0 Å². The van der Waals surface area contributed by atoms with Gasteiger partial charge in [0.1, 0.15) is 11.7 Å². The minimum absolute atomic E-state index is 0.141. The third-order valence-electron chi connectivity index (χ3n) is 3.73. The number of thiophene rings is 1. The van der Waals surface area contributed by atoms with Crippen molar-refractivity contribution in [2.24, 2.45) is 5.73 Å². The molecule has 2 aromatic carbocycles. The molecular weight excluding hydrogens is 391 g/mol. The molecule has 4 nitrogen and oxygen atoms in total. The Hall–Kier alpha value is -2.16. The number of benzene rings is 2. The third-order valence-corrected chi connectivity index (χ3v) is 8.07. The van der Waals surface area contributed by atoms with Gasteiger partial charge in [-0.05, 0) is 47.7 Å². The van der Waals surface area contributed by atoms with E-state index in [1.807, 2.05) is 0 Å². The molecule has 0 aliphatic rings. The molecule has 0 fully saturated rings. The Morgan fingerprint density at radius 3 is 2.42 bits per heavy atom. The van der Waals surface area contributed by atoms with Gasteiger partial charge in [-0.25, -0.2) is 12.8 Å². The summed E-state index contributed by atoms with van der Waals surface area (Å²) in [5.74, 6) is -0.510. The van der Waals surface area contributed by atoms with Crippen molar-refractivity contribution in [3.8, 4) is 11.1 Å². The first-order chi connectivity index (χ1) is 12.3. The minimum atomic E-state index is -3.77. The molecule has 3 N–H and O–H groups in total. The van der Waals surface area contributed by atoms with Crippen molar-refractivity contribution in [1.82, 2.24) is 0 Å². The minimum Gasteiger partial charge on any atom is -0.383 e. The lowest BCUT2D eigenvalue weighted by atomic mass is 10.1. The summed E-state index contributed by atoms with van der Waals surface area (Å²) in [6.07, 6.45) is 1.78. The van der Waals surface area contributed by atoms with Crippen molar-refractivity contribution in [3.05, 3.63) is 65.3 Å². The number of halogens is 1. The monoisotopic (exact) mass is 406 g/mol. The zero-order valence-electron chi connectivity index (χ0n) is 13.7. The van der Waals surface area contributed by atoms with E-state index in [9.17, 15) is 12.8 Å². The van der Waals surface area contributed by atoms with E-state index < -0.39 is 9.84 Å². The molecule has 0 unspecified atom stereocenters. The Labute approximate surface area is 159 Å². The van der Waals surface area contributed by atoms with Gasteiger partial charge in [0, 0.05) is 0 Å². The average Bonchev–Trinajstić information content (AvgIpc) is 3.08. The highest BCUT2D eigenvalue weighted by Crippen LogP contribution is 2.37. The van der Waals surface area contributed by atoms with Crippen molar-refractivity contribution in [3.63, 3.8) is 0 Å². The molecule has 0 saturated heterocycles. The summed E-state index contributed by atoms with van der Waals surface area (Å²) in [6, 6.07) is 13.8. The molecule has 26 heavy (non-hydrogen) atoms. The van der Waals surface area contributed by atoms with Crippen molar-refractivity contribution >= 4 is 38.8 Å². The third kappa shape index (κ3) is 3.53. The van der Waals surface area contributed by atoms with Gasteiger partial charge < -0.3 is 5.73 Å². The van der Waals surface area contributed by atoms with Crippen molar-refractivity contribution in [2.75, 3.05) is 6.26 Å². The van der Waals surface area contributed by atoms with E-state index in [0.29, 0.717) is 14.6 Å². The summed E-state index contributed by atoms with van der Waals surface area (Å²) in [7, 11) is -3.77. The predicted octanol–water partition coefficient (Wildman–Crippen LogP) is 4.39. The molecule has 3 rings (SSSR count). The lowest BCUT2D eigenvalue weighted by molar-refractivity contribution is 0.595. The number of nitrogens with one attached hydrogen (secondary N) is 1. The largest absolute Gasteiger partial charge is 0.383 e. The SMILES string of the molecule is CSc1sc(C(=N)N)cc1S(=O)(=O)c1cccc(-c2ccc(F)cc2)c1. The second-order valence-electron chi connectivity index (χ2n) is 5.42.